The van der Waals surface area contributed by atoms with Crippen LogP contribution in [0, 0.1) is 0 Å². The van der Waals surface area contributed by atoms with E-state index in [0.29, 0.717) is 17.1 Å². The Bertz CT molecular complexity index is 667. The van der Waals surface area contributed by atoms with E-state index < -0.39 is 10.0 Å². The molecule has 6 heteroatoms. The highest BCUT2D eigenvalue weighted by atomic mass is 32.2. The first-order valence-corrected chi connectivity index (χ1v) is 9.32. The number of hydrogen-bond acceptors (Lipinski definition) is 4. The predicted molar refractivity (Wildman–Crippen MR) is 88.4 cm³/mol. The monoisotopic (exact) mass is 324 g/mol. The molecule has 0 amide bonds. The SMILES string of the molecule is CCNS(=O)(=O)c1ccccc1NC(C)Cc1ccsc1. The van der Waals surface area contributed by atoms with Crippen molar-refractivity contribution in [2.75, 3.05) is 11.9 Å². The quantitative estimate of drug-likeness (QED) is 0.823. The van der Waals surface area contributed by atoms with E-state index in [0.717, 1.165) is 6.42 Å². The Balaban J connectivity index is 2.17. The van der Waals surface area contributed by atoms with E-state index >= 15 is 0 Å². The van der Waals surface area contributed by atoms with Crippen LogP contribution in [0.4, 0.5) is 5.69 Å². The molecule has 2 rings (SSSR count). The summed E-state index contributed by atoms with van der Waals surface area (Å²) in [6.07, 6.45) is 0.860. The van der Waals surface area contributed by atoms with Crippen LogP contribution >= 0.6 is 11.3 Å². The van der Waals surface area contributed by atoms with Crippen molar-refractivity contribution in [3.8, 4) is 0 Å². The minimum absolute atomic E-state index is 0.151. The first-order valence-electron chi connectivity index (χ1n) is 6.89. The lowest BCUT2D eigenvalue weighted by molar-refractivity contribution is 0.584. The Morgan fingerprint density at radius 2 is 2.00 bits per heavy atom. The lowest BCUT2D eigenvalue weighted by Crippen LogP contribution is -2.26. The molecule has 0 fully saturated rings. The van der Waals surface area contributed by atoms with E-state index in [1.807, 2.05) is 18.4 Å². The molecule has 0 aliphatic carbocycles. The average Bonchev–Trinajstić information content (AvgIpc) is 2.91. The number of sulfonamides is 1. The second-order valence-electron chi connectivity index (χ2n) is 4.88. The van der Waals surface area contributed by atoms with Gasteiger partial charge in [0.25, 0.3) is 0 Å². The van der Waals surface area contributed by atoms with Crippen LogP contribution in [0.15, 0.2) is 46.0 Å². The first-order chi connectivity index (χ1) is 10.0. The summed E-state index contributed by atoms with van der Waals surface area (Å²) < 4.78 is 26.9. The van der Waals surface area contributed by atoms with Crippen LogP contribution < -0.4 is 10.0 Å². The van der Waals surface area contributed by atoms with Gasteiger partial charge in [0.05, 0.1) is 5.69 Å². The summed E-state index contributed by atoms with van der Waals surface area (Å²) in [6, 6.07) is 9.23. The number of nitrogens with one attached hydrogen (secondary N) is 2. The van der Waals surface area contributed by atoms with Crippen LogP contribution in [0.2, 0.25) is 0 Å². The smallest absolute Gasteiger partial charge is 0.242 e. The Kier molecular flexibility index (Phi) is 5.39. The molecule has 0 radical (unpaired) electrons. The van der Waals surface area contributed by atoms with Gasteiger partial charge in [0.1, 0.15) is 4.90 Å². The summed E-state index contributed by atoms with van der Waals surface area (Å²) in [5.41, 5.74) is 1.90. The highest BCUT2D eigenvalue weighted by molar-refractivity contribution is 7.89. The maximum absolute atomic E-state index is 12.2. The molecule has 0 saturated carbocycles. The zero-order valence-electron chi connectivity index (χ0n) is 12.2. The first kappa shape index (κ1) is 16.0. The summed E-state index contributed by atoms with van der Waals surface area (Å²) in [5, 5.41) is 7.46. The molecular formula is C15H20N2O2S2. The highest BCUT2D eigenvalue weighted by Crippen LogP contribution is 2.22. The third kappa shape index (κ3) is 4.30. The van der Waals surface area contributed by atoms with Gasteiger partial charge in [0.15, 0.2) is 0 Å². The molecule has 2 aromatic rings. The summed E-state index contributed by atoms with van der Waals surface area (Å²) in [7, 11) is -3.46. The number of hydrogen-bond donors (Lipinski definition) is 2. The molecule has 1 aromatic heterocycles. The number of thiophene rings is 1. The second kappa shape index (κ2) is 7.06. The maximum Gasteiger partial charge on any atom is 0.242 e. The predicted octanol–water partition coefficient (Wildman–Crippen LogP) is 3.09. The topological polar surface area (TPSA) is 58.2 Å². The van der Waals surface area contributed by atoms with Gasteiger partial charge in [-0.3, -0.25) is 0 Å². The van der Waals surface area contributed by atoms with Gasteiger partial charge in [-0.05, 0) is 47.9 Å². The summed E-state index contributed by atoms with van der Waals surface area (Å²) in [4.78, 5) is 0.295. The molecule has 4 nitrogen and oxygen atoms in total. The van der Waals surface area contributed by atoms with Crippen molar-refractivity contribution in [3.63, 3.8) is 0 Å². The Morgan fingerprint density at radius 3 is 2.67 bits per heavy atom. The molecule has 21 heavy (non-hydrogen) atoms. The van der Waals surface area contributed by atoms with Gasteiger partial charge in [-0.1, -0.05) is 19.1 Å². The fourth-order valence-electron chi connectivity index (χ4n) is 2.17. The van der Waals surface area contributed by atoms with Crippen LogP contribution in [0.5, 0.6) is 0 Å². The van der Waals surface area contributed by atoms with Gasteiger partial charge in [0.2, 0.25) is 10.0 Å². The van der Waals surface area contributed by atoms with Crippen molar-refractivity contribution in [3.05, 3.63) is 46.7 Å². The maximum atomic E-state index is 12.2. The molecule has 2 N–H and O–H groups in total. The molecule has 0 aliphatic rings. The summed E-state index contributed by atoms with van der Waals surface area (Å²) >= 11 is 1.67. The van der Waals surface area contributed by atoms with E-state index in [1.165, 1.54) is 5.56 Å². The van der Waals surface area contributed by atoms with Gasteiger partial charge >= 0.3 is 0 Å². The lowest BCUT2D eigenvalue weighted by Gasteiger charge is -2.18. The average molecular weight is 324 g/mol. The number of para-hydroxylation sites is 1. The lowest BCUT2D eigenvalue weighted by atomic mass is 10.1. The van der Waals surface area contributed by atoms with E-state index in [1.54, 1.807) is 36.5 Å². The van der Waals surface area contributed by atoms with Gasteiger partial charge < -0.3 is 5.32 Å². The standard InChI is InChI=1S/C15H20N2O2S2/c1-3-16-21(18,19)15-7-5-4-6-14(15)17-12(2)10-13-8-9-20-11-13/h4-9,11-12,16-17H,3,10H2,1-2H3. The van der Waals surface area contributed by atoms with Gasteiger partial charge in [-0.2, -0.15) is 11.3 Å². The Morgan fingerprint density at radius 1 is 1.24 bits per heavy atom. The molecule has 0 spiro atoms. The molecule has 0 saturated heterocycles. The normalized spacial score (nSPS) is 13.0. The van der Waals surface area contributed by atoms with Crippen LogP contribution in [0.3, 0.4) is 0 Å². The van der Waals surface area contributed by atoms with Crippen molar-refractivity contribution in [1.82, 2.24) is 4.72 Å². The van der Waals surface area contributed by atoms with Crippen LogP contribution in [-0.4, -0.2) is 21.0 Å². The van der Waals surface area contributed by atoms with Crippen molar-refractivity contribution >= 4 is 27.0 Å². The molecular weight excluding hydrogens is 304 g/mol. The molecule has 0 aliphatic heterocycles. The van der Waals surface area contributed by atoms with E-state index in [2.05, 4.69) is 21.5 Å². The number of rotatable bonds is 7. The van der Waals surface area contributed by atoms with Crippen molar-refractivity contribution in [2.45, 2.75) is 31.2 Å². The minimum Gasteiger partial charge on any atom is -0.381 e. The molecule has 1 heterocycles. The fraction of sp³-hybridized carbons (Fsp3) is 0.333. The summed E-state index contributed by atoms with van der Waals surface area (Å²) in [6.45, 7) is 4.20. The van der Waals surface area contributed by atoms with Gasteiger partial charge in [-0.15, -0.1) is 0 Å². The van der Waals surface area contributed by atoms with Gasteiger partial charge in [-0.25, -0.2) is 13.1 Å². The van der Waals surface area contributed by atoms with Gasteiger partial charge in [0, 0.05) is 12.6 Å². The third-order valence-electron chi connectivity index (χ3n) is 3.03. The Labute approximate surface area is 130 Å². The molecule has 0 bridgehead atoms. The molecule has 114 valence electrons. The second-order valence-corrected chi connectivity index (χ2v) is 7.39. The van der Waals surface area contributed by atoms with Crippen LogP contribution in [0.1, 0.15) is 19.4 Å². The molecule has 1 atom stereocenters. The van der Waals surface area contributed by atoms with Crippen molar-refractivity contribution in [2.24, 2.45) is 0 Å². The largest absolute Gasteiger partial charge is 0.381 e. The summed E-state index contributed by atoms with van der Waals surface area (Å²) in [5.74, 6) is 0. The minimum atomic E-state index is -3.46. The van der Waals surface area contributed by atoms with Crippen molar-refractivity contribution < 1.29 is 8.42 Å². The third-order valence-corrected chi connectivity index (χ3v) is 5.37. The highest BCUT2D eigenvalue weighted by Gasteiger charge is 2.18. The van der Waals surface area contributed by atoms with Crippen molar-refractivity contribution in [1.29, 1.82) is 0 Å². The van der Waals surface area contributed by atoms with Crippen LogP contribution in [-0.2, 0) is 16.4 Å². The molecule has 1 unspecified atom stereocenters. The van der Waals surface area contributed by atoms with E-state index in [-0.39, 0.29) is 6.04 Å². The Hall–Kier alpha value is -1.37. The molecule has 1 aromatic carbocycles. The number of benzene rings is 1. The van der Waals surface area contributed by atoms with Crippen LogP contribution in [0.25, 0.3) is 0 Å². The zero-order chi connectivity index (χ0) is 15.3. The zero-order valence-corrected chi connectivity index (χ0v) is 13.8. The van der Waals surface area contributed by atoms with E-state index in [9.17, 15) is 8.42 Å². The fourth-order valence-corrected chi connectivity index (χ4v) is 4.06. The number of anilines is 1. The van der Waals surface area contributed by atoms with E-state index in [4.69, 9.17) is 0 Å².